The van der Waals surface area contributed by atoms with Crippen molar-refractivity contribution in [1.29, 1.82) is 0 Å². The molecule has 4 aromatic rings. The average Bonchev–Trinajstić information content (AvgIpc) is 3.06. The molecule has 0 aliphatic rings. The molecule has 0 saturated heterocycles. The predicted octanol–water partition coefficient (Wildman–Crippen LogP) is 4.92. The Morgan fingerprint density at radius 3 is 2.50 bits per heavy atom. The van der Waals surface area contributed by atoms with Crippen LogP contribution in [0.2, 0.25) is 0 Å². The molecule has 28 heavy (non-hydrogen) atoms. The number of hydrogen-bond acceptors (Lipinski definition) is 7. The van der Waals surface area contributed by atoms with Gasteiger partial charge in [-0.1, -0.05) is 6.07 Å². The molecule has 10 heteroatoms. The van der Waals surface area contributed by atoms with E-state index in [4.69, 9.17) is 0 Å². The van der Waals surface area contributed by atoms with E-state index in [0.29, 0.717) is 33.6 Å². The molecule has 0 unspecified atom stereocenters. The van der Waals surface area contributed by atoms with Crippen LogP contribution in [0.5, 0.6) is 0 Å². The maximum absolute atomic E-state index is 13.0. The molecule has 0 aromatic carbocycles. The highest BCUT2D eigenvalue weighted by Gasteiger charge is 2.33. The lowest BCUT2D eigenvalue weighted by molar-refractivity contribution is -0.141. The van der Waals surface area contributed by atoms with Gasteiger partial charge in [0.1, 0.15) is 5.52 Å². The molecule has 0 radical (unpaired) electrons. The molecule has 0 fully saturated rings. The van der Waals surface area contributed by atoms with Gasteiger partial charge in [-0.3, -0.25) is 4.98 Å². The van der Waals surface area contributed by atoms with Crippen molar-refractivity contribution >= 4 is 33.2 Å². The Kier molecular flexibility index (Phi) is 4.42. The summed E-state index contributed by atoms with van der Waals surface area (Å²) in [6.07, 6.45) is -1.14. The Morgan fingerprint density at radius 1 is 0.964 bits per heavy atom. The standard InChI is InChI=1S/C18H13F3N6S/c1-9-3-4-11-12(13-6-22-7-14(26-13)18(19,20)21)5-23-16(15(11)24-9)27-17-25-10(2)8-28-17/h3-8H,1-2H3,(H,23,25,27). The lowest BCUT2D eigenvalue weighted by Crippen LogP contribution is -2.09. The summed E-state index contributed by atoms with van der Waals surface area (Å²) < 4.78 is 39.0. The zero-order chi connectivity index (χ0) is 19.9. The summed E-state index contributed by atoms with van der Waals surface area (Å²) in [5.41, 5.74) is 1.58. The van der Waals surface area contributed by atoms with E-state index in [0.717, 1.165) is 11.4 Å². The summed E-state index contributed by atoms with van der Waals surface area (Å²) in [5.74, 6) is 0.469. The minimum Gasteiger partial charge on any atom is -0.314 e. The van der Waals surface area contributed by atoms with Crippen molar-refractivity contribution in [2.75, 3.05) is 5.32 Å². The fourth-order valence-electron chi connectivity index (χ4n) is 2.65. The third-order valence-corrected chi connectivity index (χ3v) is 4.79. The van der Waals surface area contributed by atoms with E-state index in [1.807, 2.05) is 19.2 Å². The highest BCUT2D eigenvalue weighted by atomic mass is 32.1. The van der Waals surface area contributed by atoms with Crippen molar-refractivity contribution in [3.05, 3.63) is 53.2 Å². The molecule has 0 aliphatic heterocycles. The first-order valence-corrected chi connectivity index (χ1v) is 9.04. The van der Waals surface area contributed by atoms with Crippen molar-refractivity contribution in [3.63, 3.8) is 0 Å². The summed E-state index contributed by atoms with van der Waals surface area (Å²) in [7, 11) is 0. The quantitative estimate of drug-likeness (QED) is 0.524. The van der Waals surface area contributed by atoms with Gasteiger partial charge in [0.2, 0.25) is 0 Å². The fourth-order valence-corrected chi connectivity index (χ4v) is 3.34. The Labute approximate surface area is 161 Å². The summed E-state index contributed by atoms with van der Waals surface area (Å²) in [4.78, 5) is 20.6. The van der Waals surface area contributed by atoms with Gasteiger partial charge >= 0.3 is 6.18 Å². The molecular weight excluding hydrogens is 389 g/mol. The van der Waals surface area contributed by atoms with Gasteiger partial charge in [-0.25, -0.2) is 19.9 Å². The third-order valence-electron chi connectivity index (χ3n) is 3.92. The lowest BCUT2D eigenvalue weighted by atomic mass is 10.1. The normalized spacial score (nSPS) is 11.8. The van der Waals surface area contributed by atoms with Gasteiger partial charge in [0.05, 0.1) is 23.8 Å². The number of thiazole rings is 1. The number of fused-ring (bicyclic) bond motifs is 1. The van der Waals surface area contributed by atoms with Crippen molar-refractivity contribution in [1.82, 2.24) is 24.9 Å². The van der Waals surface area contributed by atoms with Gasteiger partial charge in [0.15, 0.2) is 16.6 Å². The second kappa shape index (κ2) is 6.79. The summed E-state index contributed by atoms with van der Waals surface area (Å²) in [6.45, 7) is 3.71. The molecule has 4 aromatic heterocycles. The van der Waals surface area contributed by atoms with Crippen LogP contribution in [0, 0.1) is 13.8 Å². The second-order valence-electron chi connectivity index (χ2n) is 6.08. The molecule has 6 nitrogen and oxygen atoms in total. The van der Waals surface area contributed by atoms with Gasteiger partial charge in [0.25, 0.3) is 0 Å². The summed E-state index contributed by atoms with van der Waals surface area (Å²) in [6, 6.07) is 3.57. The van der Waals surface area contributed by atoms with Gasteiger partial charge < -0.3 is 5.32 Å². The van der Waals surface area contributed by atoms with Crippen molar-refractivity contribution in [2.24, 2.45) is 0 Å². The number of alkyl halides is 3. The van der Waals surface area contributed by atoms with Crippen LogP contribution in [-0.2, 0) is 6.18 Å². The number of halogens is 3. The zero-order valence-electron chi connectivity index (χ0n) is 14.7. The van der Waals surface area contributed by atoms with Crippen LogP contribution in [0.25, 0.3) is 22.2 Å². The lowest BCUT2D eigenvalue weighted by Gasteiger charge is -2.12. The Balaban J connectivity index is 1.86. The van der Waals surface area contributed by atoms with E-state index in [9.17, 15) is 13.2 Å². The zero-order valence-corrected chi connectivity index (χ0v) is 15.6. The van der Waals surface area contributed by atoms with Crippen molar-refractivity contribution in [2.45, 2.75) is 20.0 Å². The highest BCUT2D eigenvalue weighted by molar-refractivity contribution is 7.13. The van der Waals surface area contributed by atoms with Crippen molar-refractivity contribution < 1.29 is 13.2 Å². The molecule has 142 valence electrons. The molecule has 0 aliphatic carbocycles. The molecule has 0 saturated carbocycles. The maximum Gasteiger partial charge on any atom is 0.434 e. The Morgan fingerprint density at radius 2 is 1.79 bits per heavy atom. The van der Waals surface area contributed by atoms with E-state index >= 15 is 0 Å². The molecule has 0 spiro atoms. The molecule has 0 bridgehead atoms. The van der Waals surface area contributed by atoms with Crippen LogP contribution in [0.4, 0.5) is 24.1 Å². The molecular formula is C18H13F3N6S. The largest absolute Gasteiger partial charge is 0.434 e. The van der Waals surface area contributed by atoms with Crippen LogP contribution < -0.4 is 5.32 Å². The monoisotopic (exact) mass is 402 g/mol. The molecule has 4 rings (SSSR count). The van der Waals surface area contributed by atoms with Crippen LogP contribution in [0.15, 0.2) is 36.1 Å². The van der Waals surface area contributed by atoms with Gasteiger partial charge in [-0.2, -0.15) is 13.2 Å². The molecule has 0 amide bonds. The first-order valence-electron chi connectivity index (χ1n) is 8.16. The summed E-state index contributed by atoms with van der Waals surface area (Å²) in [5, 5.41) is 6.30. The fraction of sp³-hybridized carbons (Fsp3) is 0.167. The Bertz CT molecular complexity index is 1170. The minimum atomic E-state index is -4.58. The highest BCUT2D eigenvalue weighted by Crippen LogP contribution is 2.33. The number of aromatic nitrogens is 5. The predicted molar refractivity (Wildman–Crippen MR) is 100 cm³/mol. The second-order valence-corrected chi connectivity index (χ2v) is 6.93. The van der Waals surface area contributed by atoms with E-state index < -0.39 is 11.9 Å². The van der Waals surface area contributed by atoms with Crippen molar-refractivity contribution in [3.8, 4) is 11.3 Å². The van der Waals surface area contributed by atoms with Gasteiger partial charge in [0, 0.05) is 28.2 Å². The molecule has 1 N–H and O–H groups in total. The number of aryl methyl sites for hydroxylation is 2. The minimum absolute atomic E-state index is 0.0784. The van der Waals surface area contributed by atoms with Gasteiger partial charge in [-0.05, 0) is 19.9 Å². The van der Waals surface area contributed by atoms with Crippen LogP contribution in [0.1, 0.15) is 17.1 Å². The molecule has 4 heterocycles. The topological polar surface area (TPSA) is 76.5 Å². The first-order chi connectivity index (χ1) is 13.3. The number of nitrogens with zero attached hydrogens (tertiary/aromatic N) is 5. The van der Waals surface area contributed by atoms with E-state index in [1.165, 1.54) is 23.7 Å². The summed E-state index contributed by atoms with van der Waals surface area (Å²) >= 11 is 1.43. The third kappa shape index (κ3) is 3.50. The van der Waals surface area contributed by atoms with Crippen LogP contribution in [0.3, 0.4) is 0 Å². The van der Waals surface area contributed by atoms with E-state index in [-0.39, 0.29) is 5.69 Å². The van der Waals surface area contributed by atoms with Gasteiger partial charge in [-0.15, -0.1) is 11.3 Å². The number of anilines is 2. The number of pyridine rings is 2. The molecule has 0 atom stereocenters. The maximum atomic E-state index is 13.0. The number of nitrogens with one attached hydrogen (secondary N) is 1. The average molecular weight is 402 g/mol. The number of rotatable bonds is 3. The number of hydrogen-bond donors (Lipinski definition) is 1. The SMILES string of the molecule is Cc1csc(Nc2ncc(-c3cncc(C(F)(F)F)n3)c3ccc(C)nc23)n1. The van der Waals surface area contributed by atoms with E-state index in [2.05, 4.69) is 30.2 Å². The smallest absolute Gasteiger partial charge is 0.314 e. The van der Waals surface area contributed by atoms with Crippen LogP contribution >= 0.6 is 11.3 Å². The van der Waals surface area contributed by atoms with E-state index in [1.54, 1.807) is 12.1 Å². The Hall–Kier alpha value is -3.14. The van der Waals surface area contributed by atoms with Crippen LogP contribution in [-0.4, -0.2) is 24.9 Å². The first kappa shape index (κ1) is 18.2.